The monoisotopic (exact) mass is 406 g/mol. The molecule has 2 amide bonds. The molecule has 1 saturated heterocycles. The first-order valence-corrected chi connectivity index (χ1v) is 10.9. The van der Waals surface area contributed by atoms with Gasteiger partial charge in [-0.1, -0.05) is 26.0 Å². The molecule has 0 radical (unpaired) electrons. The summed E-state index contributed by atoms with van der Waals surface area (Å²) in [6.07, 6.45) is 4.65. The summed E-state index contributed by atoms with van der Waals surface area (Å²) in [5.41, 5.74) is 0.608. The third kappa shape index (κ3) is 7.11. The number of ether oxygens (including phenoxy) is 1. The van der Waals surface area contributed by atoms with Crippen molar-refractivity contribution in [3.05, 3.63) is 35.6 Å². The van der Waals surface area contributed by atoms with Crippen LogP contribution in [-0.2, 0) is 19.7 Å². The molecular formula is C23H35FN2O3. The molecule has 1 fully saturated rings. The molecular weight excluding hydrogens is 371 g/mol. The molecule has 0 saturated carbocycles. The highest BCUT2D eigenvalue weighted by molar-refractivity contribution is 5.79. The first-order valence-electron chi connectivity index (χ1n) is 10.9. The molecule has 0 atom stereocenters. The number of hydrogen-bond acceptors (Lipinski definition) is 3. The SMILES string of the molecule is CCCN(CCC)C(=O)CCCC(=O)NCC1(c2cccc(F)c2)CCOCC1. The quantitative estimate of drug-likeness (QED) is 0.608. The largest absolute Gasteiger partial charge is 0.381 e. The third-order valence-corrected chi connectivity index (χ3v) is 5.65. The minimum atomic E-state index is -0.301. The number of halogens is 1. The second-order valence-electron chi connectivity index (χ2n) is 7.91. The fourth-order valence-corrected chi connectivity index (χ4v) is 3.96. The van der Waals surface area contributed by atoms with Gasteiger partial charge in [0.25, 0.3) is 0 Å². The van der Waals surface area contributed by atoms with Gasteiger partial charge in [-0.15, -0.1) is 0 Å². The smallest absolute Gasteiger partial charge is 0.222 e. The minimum Gasteiger partial charge on any atom is -0.381 e. The van der Waals surface area contributed by atoms with E-state index < -0.39 is 0 Å². The lowest BCUT2D eigenvalue weighted by Crippen LogP contribution is -2.44. The standard InChI is InChI=1S/C23H35FN2O3/c1-3-13-26(14-4-2)22(28)10-6-9-21(27)25-18-23(11-15-29-16-12-23)19-7-5-8-20(24)17-19/h5,7-8,17H,3-4,6,9-16,18H2,1-2H3,(H,25,27). The molecule has 5 nitrogen and oxygen atoms in total. The predicted molar refractivity (Wildman–Crippen MR) is 112 cm³/mol. The van der Waals surface area contributed by atoms with Crippen LogP contribution < -0.4 is 5.32 Å². The van der Waals surface area contributed by atoms with Crippen LogP contribution in [0.2, 0.25) is 0 Å². The molecule has 162 valence electrons. The van der Waals surface area contributed by atoms with Crippen molar-refractivity contribution in [3.8, 4) is 0 Å². The van der Waals surface area contributed by atoms with Crippen molar-refractivity contribution in [2.75, 3.05) is 32.8 Å². The van der Waals surface area contributed by atoms with Crippen molar-refractivity contribution in [1.29, 1.82) is 0 Å². The minimum absolute atomic E-state index is 0.0578. The normalized spacial score (nSPS) is 15.7. The molecule has 0 bridgehead atoms. The van der Waals surface area contributed by atoms with E-state index in [-0.39, 0.29) is 23.0 Å². The number of hydrogen-bond donors (Lipinski definition) is 1. The Morgan fingerprint density at radius 2 is 1.83 bits per heavy atom. The summed E-state index contributed by atoms with van der Waals surface area (Å²) in [5, 5.41) is 3.02. The Morgan fingerprint density at radius 1 is 1.14 bits per heavy atom. The van der Waals surface area contributed by atoms with E-state index in [9.17, 15) is 14.0 Å². The average molecular weight is 407 g/mol. The summed E-state index contributed by atoms with van der Waals surface area (Å²) in [4.78, 5) is 26.6. The third-order valence-electron chi connectivity index (χ3n) is 5.65. The number of nitrogens with zero attached hydrogens (tertiary/aromatic N) is 1. The van der Waals surface area contributed by atoms with Gasteiger partial charge in [-0.25, -0.2) is 4.39 Å². The van der Waals surface area contributed by atoms with Crippen LogP contribution in [0.5, 0.6) is 0 Å². The Labute approximate surface area is 174 Å². The lowest BCUT2D eigenvalue weighted by molar-refractivity contribution is -0.131. The van der Waals surface area contributed by atoms with Gasteiger partial charge in [0, 0.05) is 51.1 Å². The van der Waals surface area contributed by atoms with Gasteiger partial charge in [0.2, 0.25) is 11.8 Å². The lowest BCUT2D eigenvalue weighted by atomic mass is 9.74. The molecule has 2 rings (SSSR count). The van der Waals surface area contributed by atoms with Gasteiger partial charge in [-0.3, -0.25) is 9.59 Å². The molecule has 1 heterocycles. The highest BCUT2D eigenvalue weighted by Gasteiger charge is 2.35. The Kier molecular flexibility index (Phi) is 9.58. The van der Waals surface area contributed by atoms with Crippen LogP contribution in [-0.4, -0.2) is 49.6 Å². The van der Waals surface area contributed by atoms with Crippen LogP contribution in [0.25, 0.3) is 0 Å². The fraction of sp³-hybridized carbons (Fsp3) is 0.652. The van der Waals surface area contributed by atoms with E-state index in [1.807, 2.05) is 11.0 Å². The first-order chi connectivity index (χ1) is 14.0. The van der Waals surface area contributed by atoms with E-state index in [0.29, 0.717) is 39.0 Å². The van der Waals surface area contributed by atoms with Gasteiger partial charge in [-0.05, 0) is 49.8 Å². The lowest BCUT2D eigenvalue weighted by Gasteiger charge is -2.38. The molecule has 0 unspecified atom stereocenters. The van der Waals surface area contributed by atoms with Crippen LogP contribution >= 0.6 is 0 Å². The molecule has 0 aromatic heterocycles. The average Bonchev–Trinajstić information content (AvgIpc) is 2.73. The van der Waals surface area contributed by atoms with Crippen molar-refractivity contribution >= 4 is 11.8 Å². The van der Waals surface area contributed by atoms with E-state index in [4.69, 9.17) is 4.74 Å². The van der Waals surface area contributed by atoms with Crippen LogP contribution in [0, 0.1) is 5.82 Å². The van der Waals surface area contributed by atoms with Gasteiger partial charge in [0.1, 0.15) is 5.82 Å². The Balaban J connectivity index is 1.85. The Hall–Kier alpha value is -1.95. The molecule has 1 N–H and O–H groups in total. The van der Waals surface area contributed by atoms with Gasteiger partial charge >= 0.3 is 0 Å². The summed E-state index contributed by atoms with van der Waals surface area (Å²) in [5.74, 6) is -0.193. The van der Waals surface area contributed by atoms with Gasteiger partial charge in [0.05, 0.1) is 0 Å². The second kappa shape index (κ2) is 11.9. The maximum Gasteiger partial charge on any atom is 0.222 e. The summed E-state index contributed by atoms with van der Waals surface area (Å²) in [7, 11) is 0. The summed E-state index contributed by atoms with van der Waals surface area (Å²) in [6.45, 7) is 7.35. The summed E-state index contributed by atoms with van der Waals surface area (Å²) >= 11 is 0. The molecule has 6 heteroatoms. The molecule has 1 aliphatic rings. The highest BCUT2D eigenvalue weighted by atomic mass is 19.1. The Bertz CT molecular complexity index is 653. The number of rotatable bonds is 11. The molecule has 1 aliphatic heterocycles. The van der Waals surface area contributed by atoms with Crippen molar-refractivity contribution in [3.63, 3.8) is 0 Å². The number of carbonyl (C=O) groups is 2. The molecule has 1 aromatic carbocycles. The maximum atomic E-state index is 13.8. The van der Waals surface area contributed by atoms with Crippen molar-refractivity contribution < 1.29 is 18.7 Å². The van der Waals surface area contributed by atoms with Crippen molar-refractivity contribution in [1.82, 2.24) is 10.2 Å². The zero-order chi connectivity index (χ0) is 21.1. The van der Waals surface area contributed by atoms with Crippen molar-refractivity contribution in [2.24, 2.45) is 0 Å². The van der Waals surface area contributed by atoms with E-state index in [2.05, 4.69) is 19.2 Å². The van der Waals surface area contributed by atoms with Crippen LogP contribution in [0.4, 0.5) is 4.39 Å². The first kappa shape index (κ1) is 23.3. The summed E-state index contributed by atoms with van der Waals surface area (Å²) in [6, 6.07) is 6.64. The molecule has 1 aromatic rings. The fourth-order valence-electron chi connectivity index (χ4n) is 3.96. The number of amides is 2. The zero-order valence-electron chi connectivity index (χ0n) is 17.8. The molecule has 0 spiro atoms. The van der Waals surface area contributed by atoms with E-state index in [0.717, 1.165) is 44.3 Å². The van der Waals surface area contributed by atoms with Gasteiger partial charge in [-0.2, -0.15) is 0 Å². The molecule has 0 aliphatic carbocycles. The predicted octanol–water partition coefficient (Wildman–Crippen LogP) is 3.81. The van der Waals surface area contributed by atoms with Crippen LogP contribution in [0.15, 0.2) is 24.3 Å². The van der Waals surface area contributed by atoms with E-state index in [1.165, 1.54) is 6.07 Å². The maximum absolute atomic E-state index is 13.8. The van der Waals surface area contributed by atoms with Crippen LogP contribution in [0.1, 0.15) is 64.4 Å². The van der Waals surface area contributed by atoms with Gasteiger partial charge < -0.3 is 15.0 Å². The van der Waals surface area contributed by atoms with E-state index >= 15 is 0 Å². The van der Waals surface area contributed by atoms with Gasteiger partial charge in [0.15, 0.2) is 0 Å². The highest BCUT2D eigenvalue weighted by Crippen LogP contribution is 2.34. The second-order valence-corrected chi connectivity index (χ2v) is 7.91. The Morgan fingerprint density at radius 3 is 2.45 bits per heavy atom. The topological polar surface area (TPSA) is 58.6 Å². The van der Waals surface area contributed by atoms with Crippen molar-refractivity contribution in [2.45, 2.75) is 64.2 Å². The van der Waals surface area contributed by atoms with Crippen LogP contribution in [0.3, 0.4) is 0 Å². The molecule has 29 heavy (non-hydrogen) atoms. The van der Waals surface area contributed by atoms with E-state index in [1.54, 1.807) is 12.1 Å². The zero-order valence-corrected chi connectivity index (χ0v) is 17.8. The number of carbonyl (C=O) groups excluding carboxylic acids is 2. The number of benzene rings is 1. The number of nitrogens with one attached hydrogen (secondary N) is 1. The summed E-state index contributed by atoms with van der Waals surface area (Å²) < 4.78 is 19.2.